The van der Waals surface area contributed by atoms with Crippen LogP contribution in [0, 0.1) is 11.3 Å². The number of hydrogen-bond donors (Lipinski definition) is 3. The topological polar surface area (TPSA) is 102 Å². The standard InChI is InChI=1S/C20H19N3O3/c21-13-17(14-22-12-4-7-15-5-2-1-3-6-15)19(24)23-18-10-8-16(9-11-18)20(25)26/h1-3,5-6,8-11,14,22H,4,7,12H2,(H,23,24)(H,25,26)/b17-14-. The van der Waals surface area contributed by atoms with Gasteiger partial charge in [0, 0.05) is 18.4 Å². The van der Waals surface area contributed by atoms with Crippen molar-refractivity contribution in [3.8, 4) is 6.07 Å². The summed E-state index contributed by atoms with van der Waals surface area (Å²) in [6.07, 6.45) is 3.18. The highest BCUT2D eigenvalue weighted by Crippen LogP contribution is 2.10. The van der Waals surface area contributed by atoms with Gasteiger partial charge in [-0.25, -0.2) is 4.79 Å². The molecule has 132 valence electrons. The third-order valence-electron chi connectivity index (χ3n) is 3.63. The molecule has 3 N–H and O–H groups in total. The summed E-state index contributed by atoms with van der Waals surface area (Å²) in [6.45, 7) is 0.640. The van der Waals surface area contributed by atoms with E-state index >= 15 is 0 Å². The van der Waals surface area contributed by atoms with E-state index in [-0.39, 0.29) is 11.1 Å². The van der Waals surface area contributed by atoms with Crippen molar-refractivity contribution in [1.29, 1.82) is 5.26 Å². The Labute approximate surface area is 151 Å². The molecular weight excluding hydrogens is 330 g/mol. The summed E-state index contributed by atoms with van der Waals surface area (Å²) in [7, 11) is 0. The van der Waals surface area contributed by atoms with Gasteiger partial charge in [-0.05, 0) is 42.7 Å². The van der Waals surface area contributed by atoms with Crippen LogP contribution in [0.15, 0.2) is 66.4 Å². The molecule has 2 aromatic carbocycles. The molecule has 6 heteroatoms. The molecule has 0 heterocycles. The van der Waals surface area contributed by atoms with Crippen LogP contribution in [-0.2, 0) is 11.2 Å². The second kappa shape index (κ2) is 9.64. The van der Waals surface area contributed by atoms with Gasteiger partial charge < -0.3 is 15.7 Å². The molecular formula is C20H19N3O3. The summed E-state index contributed by atoms with van der Waals surface area (Å²) in [5.74, 6) is -1.59. The number of carbonyl (C=O) groups excluding carboxylic acids is 1. The Hall–Kier alpha value is -3.59. The van der Waals surface area contributed by atoms with E-state index in [1.54, 1.807) is 0 Å². The van der Waals surface area contributed by atoms with Crippen LogP contribution in [0.1, 0.15) is 22.3 Å². The summed E-state index contributed by atoms with van der Waals surface area (Å²) in [6, 6.07) is 17.6. The molecule has 0 unspecified atom stereocenters. The molecule has 0 aliphatic rings. The van der Waals surface area contributed by atoms with E-state index in [2.05, 4.69) is 22.8 Å². The molecule has 1 amide bonds. The quantitative estimate of drug-likeness (QED) is 0.386. The predicted octanol–water partition coefficient (Wildman–Crippen LogP) is 2.95. The summed E-state index contributed by atoms with van der Waals surface area (Å²) in [5, 5.41) is 23.5. The lowest BCUT2D eigenvalue weighted by molar-refractivity contribution is -0.112. The molecule has 0 aliphatic heterocycles. The molecule has 0 radical (unpaired) electrons. The van der Waals surface area contributed by atoms with Gasteiger partial charge in [-0.2, -0.15) is 5.26 Å². The maximum atomic E-state index is 12.1. The van der Waals surface area contributed by atoms with Crippen LogP contribution in [0.4, 0.5) is 5.69 Å². The van der Waals surface area contributed by atoms with Crippen molar-refractivity contribution in [2.45, 2.75) is 12.8 Å². The minimum absolute atomic E-state index is 0.0491. The molecule has 0 aliphatic carbocycles. The van der Waals surface area contributed by atoms with Gasteiger partial charge in [0.15, 0.2) is 0 Å². The first-order chi connectivity index (χ1) is 12.6. The molecule has 0 bridgehead atoms. The number of carboxylic acids is 1. The Morgan fingerprint density at radius 2 is 1.77 bits per heavy atom. The van der Waals surface area contributed by atoms with E-state index in [0.29, 0.717) is 12.2 Å². The van der Waals surface area contributed by atoms with Gasteiger partial charge in [-0.15, -0.1) is 0 Å². The fourth-order valence-electron chi connectivity index (χ4n) is 2.26. The zero-order chi connectivity index (χ0) is 18.8. The highest BCUT2D eigenvalue weighted by molar-refractivity contribution is 6.06. The largest absolute Gasteiger partial charge is 0.478 e. The van der Waals surface area contributed by atoms with E-state index in [4.69, 9.17) is 10.4 Å². The number of rotatable bonds is 8. The van der Waals surface area contributed by atoms with E-state index in [0.717, 1.165) is 12.8 Å². The maximum Gasteiger partial charge on any atom is 0.335 e. The first-order valence-electron chi connectivity index (χ1n) is 8.12. The number of nitrogens with zero attached hydrogens (tertiary/aromatic N) is 1. The van der Waals surface area contributed by atoms with Crippen LogP contribution in [-0.4, -0.2) is 23.5 Å². The summed E-state index contributed by atoms with van der Waals surface area (Å²) in [4.78, 5) is 22.9. The molecule has 0 saturated heterocycles. The zero-order valence-corrected chi connectivity index (χ0v) is 14.1. The molecule has 0 atom stereocenters. The van der Waals surface area contributed by atoms with E-state index in [1.807, 2.05) is 24.3 Å². The highest BCUT2D eigenvalue weighted by Gasteiger charge is 2.09. The smallest absolute Gasteiger partial charge is 0.335 e. The molecule has 26 heavy (non-hydrogen) atoms. The third kappa shape index (κ3) is 5.80. The molecule has 2 rings (SSSR count). The number of nitriles is 1. The number of aryl methyl sites for hydroxylation is 1. The van der Waals surface area contributed by atoms with Crippen molar-refractivity contribution in [2.75, 3.05) is 11.9 Å². The molecule has 0 fully saturated rings. The number of carbonyl (C=O) groups is 2. The van der Waals surface area contributed by atoms with Gasteiger partial charge in [-0.3, -0.25) is 4.79 Å². The van der Waals surface area contributed by atoms with Gasteiger partial charge in [0.1, 0.15) is 11.6 Å². The maximum absolute atomic E-state index is 12.1. The van der Waals surface area contributed by atoms with Crippen LogP contribution in [0.2, 0.25) is 0 Å². The molecule has 6 nitrogen and oxygen atoms in total. The van der Waals surface area contributed by atoms with Crippen molar-refractivity contribution in [2.24, 2.45) is 0 Å². The molecule has 0 aromatic heterocycles. The van der Waals surface area contributed by atoms with Crippen LogP contribution in [0.3, 0.4) is 0 Å². The molecule has 0 saturated carbocycles. The monoisotopic (exact) mass is 349 g/mol. The Kier molecular flexibility index (Phi) is 6.95. The first kappa shape index (κ1) is 18.7. The third-order valence-corrected chi connectivity index (χ3v) is 3.63. The lowest BCUT2D eigenvalue weighted by Gasteiger charge is -2.06. The van der Waals surface area contributed by atoms with Crippen molar-refractivity contribution in [3.05, 3.63) is 77.5 Å². The summed E-state index contributed by atoms with van der Waals surface area (Å²) >= 11 is 0. The zero-order valence-electron chi connectivity index (χ0n) is 14.1. The minimum Gasteiger partial charge on any atom is -0.478 e. The Bertz CT molecular complexity index is 822. The van der Waals surface area contributed by atoms with E-state index < -0.39 is 11.9 Å². The van der Waals surface area contributed by atoms with Gasteiger partial charge in [0.05, 0.1) is 5.56 Å². The molecule has 0 spiro atoms. The van der Waals surface area contributed by atoms with Crippen LogP contribution >= 0.6 is 0 Å². The number of hydrogen-bond acceptors (Lipinski definition) is 4. The van der Waals surface area contributed by atoms with Gasteiger partial charge >= 0.3 is 5.97 Å². The fraction of sp³-hybridized carbons (Fsp3) is 0.150. The second-order valence-electron chi connectivity index (χ2n) is 5.55. The SMILES string of the molecule is N#C/C(=C/NCCCc1ccccc1)C(=O)Nc1ccc(C(=O)O)cc1. The minimum atomic E-state index is -1.04. The van der Waals surface area contributed by atoms with Crippen molar-refractivity contribution in [3.63, 3.8) is 0 Å². The predicted molar refractivity (Wildman–Crippen MR) is 98.5 cm³/mol. The number of amides is 1. The average Bonchev–Trinajstić information content (AvgIpc) is 2.66. The second-order valence-corrected chi connectivity index (χ2v) is 5.55. The lowest BCUT2D eigenvalue weighted by Crippen LogP contribution is -2.17. The Morgan fingerprint density at radius 1 is 1.08 bits per heavy atom. The number of carboxylic acid groups (broad SMARTS) is 1. The van der Waals surface area contributed by atoms with Crippen molar-refractivity contribution >= 4 is 17.6 Å². The van der Waals surface area contributed by atoms with Gasteiger partial charge in [-0.1, -0.05) is 30.3 Å². The van der Waals surface area contributed by atoms with E-state index in [1.165, 1.54) is 36.0 Å². The van der Waals surface area contributed by atoms with E-state index in [9.17, 15) is 9.59 Å². The van der Waals surface area contributed by atoms with Crippen LogP contribution in [0.25, 0.3) is 0 Å². The number of aromatic carboxylic acids is 1. The Balaban J connectivity index is 1.82. The highest BCUT2D eigenvalue weighted by atomic mass is 16.4. The van der Waals surface area contributed by atoms with Crippen molar-refractivity contribution in [1.82, 2.24) is 5.32 Å². The number of benzene rings is 2. The fourth-order valence-corrected chi connectivity index (χ4v) is 2.26. The number of anilines is 1. The number of nitrogens with one attached hydrogen (secondary N) is 2. The average molecular weight is 349 g/mol. The van der Waals surface area contributed by atoms with Gasteiger partial charge in [0.2, 0.25) is 0 Å². The first-order valence-corrected chi connectivity index (χ1v) is 8.12. The van der Waals surface area contributed by atoms with Crippen LogP contribution < -0.4 is 10.6 Å². The Morgan fingerprint density at radius 3 is 2.38 bits per heavy atom. The molecule has 2 aromatic rings. The summed E-state index contributed by atoms with van der Waals surface area (Å²) in [5.41, 5.74) is 1.73. The van der Waals surface area contributed by atoms with Gasteiger partial charge in [0.25, 0.3) is 5.91 Å². The summed E-state index contributed by atoms with van der Waals surface area (Å²) < 4.78 is 0. The van der Waals surface area contributed by atoms with Crippen molar-refractivity contribution < 1.29 is 14.7 Å². The van der Waals surface area contributed by atoms with Crippen LogP contribution in [0.5, 0.6) is 0 Å². The lowest BCUT2D eigenvalue weighted by atomic mass is 10.1. The normalized spacial score (nSPS) is 10.7.